The summed E-state index contributed by atoms with van der Waals surface area (Å²) >= 11 is 0. The van der Waals surface area contributed by atoms with Gasteiger partial charge in [-0.2, -0.15) is 0 Å². The first-order valence-electron chi connectivity index (χ1n) is 10.6. The highest BCUT2D eigenvalue weighted by Gasteiger charge is 2.49. The van der Waals surface area contributed by atoms with Crippen molar-refractivity contribution in [1.82, 2.24) is 15.2 Å². The molecule has 0 bridgehead atoms. The maximum Gasteiger partial charge on any atom is 0.290 e. The Morgan fingerprint density at radius 3 is 2.52 bits per heavy atom. The van der Waals surface area contributed by atoms with Crippen molar-refractivity contribution in [1.29, 1.82) is 0 Å². The number of ether oxygens (including phenoxy) is 1. The van der Waals surface area contributed by atoms with Crippen LogP contribution < -0.4 is 5.32 Å². The number of carbonyl (C=O) groups is 2. The number of hydrogen-bond donors (Lipinski definition) is 3. The lowest BCUT2D eigenvalue weighted by Gasteiger charge is -2.51. The number of aliphatic hydroxyl groups is 1. The quantitative estimate of drug-likeness (QED) is 0.493. The smallest absolute Gasteiger partial charge is 0.290 e. The summed E-state index contributed by atoms with van der Waals surface area (Å²) in [6, 6.07) is 3.12. The lowest BCUT2D eigenvalue weighted by molar-refractivity contribution is -0.185. The van der Waals surface area contributed by atoms with Crippen molar-refractivity contribution < 1.29 is 24.5 Å². The summed E-state index contributed by atoms with van der Waals surface area (Å²) in [5, 5.41) is 20.9. The molecule has 2 aliphatic heterocycles. The molecule has 172 valence electrons. The van der Waals surface area contributed by atoms with E-state index in [1.165, 1.54) is 5.57 Å². The average Bonchev–Trinajstić information content (AvgIpc) is 2.70. The van der Waals surface area contributed by atoms with Gasteiger partial charge in [0.1, 0.15) is 0 Å². The fourth-order valence-electron chi connectivity index (χ4n) is 4.08. The van der Waals surface area contributed by atoms with Crippen molar-refractivity contribution in [2.75, 3.05) is 26.2 Å². The second-order valence-electron chi connectivity index (χ2n) is 8.93. The number of piperidine rings is 1. The maximum absolute atomic E-state index is 12.5. The van der Waals surface area contributed by atoms with Crippen molar-refractivity contribution in [2.45, 2.75) is 64.2 Å². The van der Waals surface area contributed by atoms with Crippen LogP contribution in [0.1, 0.15) is 56.1 Å². The van der Waals surface area contributed by atoms with Crippen molar-refractivity contribution in [3.05, 3.63) is 41.2 Å². The van der Waals surface area contributed by atoms with E-state index in [2.05, 4.69) is 35.1 Å². The summed E-state index contributed by atoms with van der Waals surface area (Å²) in [5.41, 5.74) is 1.39. The lowest BCUT2D eigenvalue weighted by atomic mass is 9.75. The van der Waals surface area contributed by atoms with E-state index in [1.807, 2.05) is 19.9 Å². The number of likely N-dealkylation sites (tertiary alicyclic amines) is 1. The molecule has 0 radical (unpaired) electrons. The lowest BCUT2D eigenvalue weighted by Crippen LogP contribution is -2.63. The Morgan fingerprint density at radius 2 is 2.00 bits per heavy atom. The molecule has 1 aromatic heterocycles. The van der Waals surface area contributed by atoms with Gasteiger partial charge in [-0.3, -0.25) is 19.5 Å². The van der Waals surface area contributed by atoms with Crippen LogP contribution in [0.25, 0.3) is 0 Å². The Kier molecular flexibility index (Phi) is 8.73. The Hall–Kier alpha value is -2.29. The normalized spacial score (nSPS) is 25.1. The molecule has 2 saturated heterocycles. The first-order chi connectivity index (χ1) is 14.6. The number of nitrogens with one attached hydrogen (secondary N) is 1. The third-order valence-electron chi connectivity index (χ3n) is 5.99. The largest absolute Gasteiger partial charge is 0.483 e. The monoisotopic (exact) mass is 433 g/mol. The Morgan fingerprint density at radius 1 is 1.35 bits per heavy atom. The predicted octanol–water partition coefficient (Wildman–Crippen LogP) is 2.16. The number of carboxylic acid groups (broad SMARTS) is 1. The molecule has 8 nitrogen and oxygen atoms in total. The zero-order valence-corrected chi connectivity index (χ0v) is 18.9. The molecule has 0 unspecified atom stereocenters. The maximum atomic E-state index is 12.5. The standard InChI is InChI=1S/C22H33N3O3.CH2O2/c1-16(2)7-10-25-11-8-22(9-12-25)15-21(4,27)19(14-28-22)24-20(26)18-6-5-17(3)23-13-18;2-1-3/h5-7,13,19,27H,8-12,14-15H2,1-4H3,(H,24,26);1H,(H,2,3)/t19-,21-;/m0./s1. The Labute approximate surface area is 184 Å². The number of amides is 1. The summed E-state index contributed by atoms with van der Waals surface area (Å²) in [6.07, 6.45) is 6.16. The van der Waals surface area contributed by atoms with Crippen LogP contribution in [0.15, 0.2) is 30.0 Å². The molecule has 1 spiro atoms. The summed E-state index contributed by atoms with van der Waals surface area (Å²) in [6.45, 7) is 10.9. The number of aromatic nitrogens is 1. The van der Waals surface area contributed by atoms with Gasteiger partial charge in [-0.1, -0.05) is 11.6 Å². The van der Waals surface area contributed by atoms with E-state index < -0.39 is 11.6 Å². The molecule has 1 amide bonds. The number of hydrogen-bond acceptors (Lipinski definition) is 6. The molecule has 1 aromatic rings. The molecule has 3 N–H and O–H groups in total. The van der Waals surface area contributed by atoms with Crippen molar-refractivity contribution in [3.8, 4) is 0 Å². The minimum atomic E-state index is -1.01. The summed E-state index contributed by atoms with van der Waals surface area (Å²) in [7, 11) is 0. The summed E-state index contributed by atoms with van der Waals surface area (Å²) in [4.78, 5) is 27.5. The third-order valence-corrected chi connectivity index (χ3v) is 5.99. The summed E-state index contributed by atoms with van der Waals surface area (Å²) in [5.74, 6) is -0.228. The van der Waals surface area contributed by atoms with E-state index in [4.69, 9.17) is 14.6 Å². The molecule has 0 saturated carbocycles. The number of pyridine rings is 1. The predicted molar refractivity (Wildman–Crippen MR) is 118 cm³/mol. The van der Waals surface area contributed by atoms with Gasteiger partial charge in [-0.15, -0.1) is 0 Å². The zero-order valence-electron chi connectivity index (χ0n) is 18.9. The van der Waals surface area contributed by atoms with E-state index in [0.29, 0.717) is 18.6 Å². The molecule has 8 heteroatoms. The minimum absolute atomic E-state index is 0.228. The molecule has 2 aliphatic rings. The highest BCUT2D eigenvalue weighted by Crippen LogP contribution is 2.39. The number of carbonyl (C=O) groups excluding carboxylic acids is 1. The van der Waals surface area contributed by atoms with Gasteiger partial charge in [-0.25, -0.2) is 0 Å². The molecule has 3 heterocycles. The Balaban J connectivity index is 0.00000107. The third kappa shape index (κ3) is 7.12. The van der Waals surface area contributed by atoms with Gasteiger partial charge >= 0.3 is 0 Å². The van der Waals surface area contributed by atoms with Crippen LogP contribution in [0.2, 0.25) is 0 Å². The second-order valence-corrected chi connectivity index (χ2v) is 8.93. The van der Waals surface area contributed by atoms with E-state index in [0.717, 1.165) is 38.2 Å². The van der Waals surface area contributed by atoms with E-state index in [9.17, 15) is 9.90 Å². The van der Waals surface area contributed by atoms with Gasteiger partial charge in [0.2, 0.25) is 0 Å². The Bertz CT molecular complexity index is 764. The first-order valence-corrected chi connectivity index (χ1v) is 10.6. The highest BCUT2D eigenvalue weighted by atomic mass is 16.5. The van der Waals surface area contributed by atoms with E-state index >= 15 is 0 Å². The number of aryl methyl sites for hydroxylation is 1. The number of allylic oxidation sites excluding steroid dienone is 1. The second kappa shape index (κ2) is 10.8. The van der Waals surface area contributed by atoms with Crippen LogP contribution in [-0.4, -0.2) is 76.0 Å². The SMILES string of the molecule is CC(C)=CCN1CCC2(CC1)C[C@](C)(O)[C@@H](NC(=O)c1ccc(C)nc1)CO2.O=CO. The number of nitrogens with zero attached hydrogens (tertiary/aromatic N) is 2. The topological polar surface area (TPSA) is 112 Å². The van der Waals surface area contributed by atoms with E-state index in [1.54, 1.807) is 12.3 Å². The molecule has 0 aromatic carbocycles. The van der Waals surface area contributed by atoms with Crippen molar-refractivity contribution in [3.63, 3.8) is 0 Å². The van der Waals surface area contributed by atoms with Crippen LogP contribution in [0.5, 0.6) is 0 Å². The molecule has 3 rings (SSSR count). The molecule has 2 atom stereocenters. The molecule has 0 aliphatic carbocycles. The van der Waals surface area contributed by atoms with Crippen LogP contribution in [-0.2, 0) is 9.53 Å². The van der Waals surface area contributed by atoms with Crippen LogP contribution >= 0.6 is 0 Å². The molecular weight excluding hydrogens is 398 g/mol. The van der Waals surface area contributed by atoms with Crippen LogP contribution in [0, 0.1) is 6.92 Å². The van der Waals surface area contributed by atoms with E-state index in [-0.39, 0.29) is 18.0 Å². The molecule has 2 fully saturated rings. The molecule has 31 heavy (non-hydrogen) atoms. The van der Waals surface area contributed by atoms with Gasteiger partial charge in [-0.05, 0) is 52.7 Å². The summed E-state index contributed by atoms with van der Waals surface area (Å²) < 4.78 is 6.25. The van der Waals surface area contributed by atoms with Gasteiger partial charge in [0.05, 0.1) is 29.4 Å². The van der Waals surface area contributed by atoms with Crippen LogP contribution in [0.4, 0.5) is 0 Å². The van der Waals surface area contributed by atoms with Crippen molar-refractivity contribution in [2.24, 2.45) is 0 Å². The van der Waals surface area contributed by atoms with Crippen molar-refractivity contribution >= 4 is 12.4 Å². The fourth-order valence-corrected chi connectivity index (χ4v) is 4.08. The van der Waals surface area contributed by atoms with Gasteiger partial charge in [0.25, 0.3) is 12.4 Å². The average molecular weight is 434 g/mol. The fraction of sp³-hybridized carbons (Fsp3) is 0.609. The molecular formula is C23H35N3O5. The van der Waals surface area contributed by atoms with Gasteiger partial charge in [0.15, 0.2) is 0 Å². The minimum Gasteiger partial charge on any atom is -0.483 e. The number of rotatable bonds is 4. The zero-order chi connectivity index (χ0) is 23.1. The van der Waals surface area contributed by atoms with Gasteiger partial charge < -0.3 is 20.3 Å². The van der Waals surface area contributed by atoms with Crippen LogP contribution in [0.3, 0.4) is 0 Å². The highest BCUT2D eigenvalue weighted by molar-refractivity contribution is 5.94. The first kappa shape index (κ1) is 25.0. The van der Waals surface area contributed by atoms with Gasteiger partial charge in [0, 0.05) is 37.9 Å².